The molecule has 0 amide bonds. The number of hydrogen-bond donors (Lipinski definition) is 0. The van der Waals surface area contributed by atoms with Gasteiger partial charge in [0.2, 0.25) is 6.43 Å². The molecule has 0 bridgehead atoms. The van der Waals surface area contributed by atoms with Gasteiger partial charge in [-0.15, -0.1) is 0 Å². The predicted octanol–water partition coefficient (Wildman–Crippen LogP) is 2.54. The zero-order chi connectivity index (χ0) is 7.02. The fourth-order valence-corrected chi connectivity index (χ4v) is 1.29. The number of hydrogen-bond acceptors (Lipinski definition) is 0. The zero-order valence-corrected chi connectivity index (χ0v) is 5.77. The Balaban J connectivity index is 2.24. The molecule has 54 valence electrons. The average molecular weight is 134 g/mol. The molecular weight excluding hydrogens is 122 g/mol. The van der Waals surface area contributed by atoms with E-state index in [9.17, 15) is 8.78 Å². The van der Waals surface area contributed by atoms with Crippen LogP contribution in [-0.4, -0.2) is 6.43 Å². The Morgan fingerprint density at radius 3 is 1.89 bits per heavy atom. The van der Waals surface area contributed by atoms with E-state index >= 15 is 0 Å². The molecule has 0 spiro atoms. The standard InChI is InChI=1S/C7H12F2/c1-4(2)5-3-6(5)7(8)9/h4-7H,3H2,1-2H3/t5-,6+/m0/s1. The fourth-order valence-electron chi connectivity index (χ4n) is 1.29. The molecule has 0 radical (unpaired) electrons. The molecule has 1 fully saturated rings. The van der Waals surface area contributed by atoms with Gasteiger partial charge in [-0.05, 0) is 18.3 Å². The second kappa shape index (κ2) is 2.24. The average Bonchev–Trinajstić information content (AvgIpc) is 2.39. The van der Waals surface area contributed by atoms with Crippen LogP contribution in [0.4, 0.5) is 8.78 Å². The van der Waals surface area contributed by atoms with Gasteiger partial charge in [0, 0.05) is 5.92 Å². The molecule has 0 saturated heterocycles. The number of alkyl halides is 2. The third-order valence-electron chi connectivity index (χ3n) is 2.07. The molecule has 9 heavy (non-hydrogen) atoms. The van der Waals surface area contributed by atoms with Crippen molar-refractivity contribution in [2.45, 2.75) is 26.7 Å². The summed E-state index contributed by atoms with van der Waals surface area (Å²) in [4.78, 5) is 0. The highest BCUT2D eigenvalue weighted by Gasteiger charge is 2.45. The molecule has 1 rings (SSSR count). The van der Waals surface area contributed by atoms with Crippen molar-refractivity contribution in [2.24, 2.45) is 17.8 Å². The highest BCUT2D eigenvalue weighted by Crippen LogP contribution is 2.47. The fraction of sp³-hybridized carbons (Fsp3) is 1.00. The molecule has 2 heteroatoms. The van der Waals surface area contributed by atoms with Gasteiger partial charge < -0.3 is 0 Å². The molecule has 0 heterocycles. The second-order valence-electron chi connectivity index (χ2n) is 3.14. The topological polar surface area (TPSA) is 0 Å². The third kappa shape index (κ3) is 1.41. The van der Waals surface area contributed by atoms with E-state index in [1.165, 1.54) is 0 Å². The Morgan fingerprint density at radius 2 is 1.78 bits per heavy atom. The summed E-state index contributed by atoms with van der Waals surface area (Å²) in [6, 6.07) is 0. The Hall–Kier alpha value is -0.140. The van der Waals surface area contributed by atoms with Crippen LogP contribution in [0.5, 0.6) is 0 Å². The largest absolute Gasteiger partial charge is 0.241 e. The van der Waals surface area contributed by atoms with Gasteiger partial charge in [-0.3, -0.25) is 0 Å². The maximum Gasteiger partial charge on any atom is 0.241 e. The summed E-state index contributed by atoms with van der Waals surface area (Å²) in [6.45, 7) is 4.01. The normalized spacial score (nSPS) is 34.0. The lowest BCUT2D eigenvalue weighted by Crippen LogP contribution is -1.99. The summed E-state index contributed by atoms with van der Waals surface area (Å²) >= 11 is 0. The monoisotopic (exact) mass is 134 g/mol. The lowest BCUT2D eigenvalue weighted by atomic mass is 10.1. The quantitative estimate of drug-likeness (QED) is 0.544. The third-order valence-corrected chi connectivity index (χ3v) is 2.07. The van der Waals surface area contributed by atoms with Crippen LogP contribution in [0.1, 0.15) is 20.3 Å². The maximum atomic E-state index is 11.8. The van der Waals surface area contributed by atoms with Gasteiger partial charge in [0.05, 0.1) is 0 Å². The van der Waals surface area contributed by atoms with Crippen molar-refractivity contribution in [2.75, 3.05) is 0 Å². The van der Waals surface area contributed by atoms with Crippen molar-refractivity contribution in [1.82, 2.24) is 0 Å². The summed E-state index contributed by atoms with van der Waals surface area (Å²) in [7, 11) is 0. The van der Waals surface area contributed by atoms with Gasteiger partial charge in [-0.1, -0.05) is 13.8 Å². The molecule has 0 aromatic carbocycles. The summed E-state index contributed by atoms with van der Waals surface area (Å²) in [5.41, 5.74) is 0. The minimum Gasteiger partial charge on any atom is -0.210 e. The molecule has 1 aliphatic rings. The van der Waals surface area contributed by atoms with Crippen molar-refractivity contribution in [3.63, 3.8) is 0 Å². The van der Waals surface area contributed by atoms with E-state index in [4.69, 9.17) is 0 Å². The van der Waals surface area contributed by atoms with E-state index in [0.717, 1.165) is 6.42 Å². The highest BCUT2D eigenvalue weighted by atomic mass is 19.3. The van der Waals surface area contributed by atoms with Gasteiger partial charge in [-0.25, -0.2) is 8.78 Å². The molecule has 0 aliphatic heterocycles. The van der Waals surface area contributed by atoms with Crippen LogP contribution >= 0.6 is 0 Å². The molecule has 0 nitrogen and oxygen atoms in total. The molecular formula is C7H12F2. The molecule has 0 unspecified atom stereocenters. The molecule has 1 aliphatic carbocycles. The lowest BCUT2D eigenvalue weighted by molar-refractivity contribution is 0.112. The Bertz CT molecular complexity index is 87.1. The van der Waals surface area contributed by atoms with E-state index in [0.29, 0.717) is 11.8 Å². The number of halogens is 2. The summed E-state index contributed by atoms with van der Waals surface area (Å²) in [5, 5.41) is 0. The van der Waals surface area contributed by atoms with Crippen LogP contribution in [0.3, 0.4) is 0 Å². The first kappa shape index (κ1) is 6.97. The minimum atomic E-state index is -2.07. The van der Waals surface area contributed by atoms with Gasteiger partial charge in [0.15, 0.2) is 0 Å². The van der Waals surface area contributed by atoms with Crippen molar-refractivity contribution >= 4 is 0 Å². The van der Waals surface area contributed by atoms with E-state index < -0.39 is 6.43 Å². The smallest absolute Gasteiger partial charge is 0.210 e. The van der Waals surface area contributed by atoms with E-state index in [1.54, 1.807) is 0 Å². The summed E-state index contributed by atoms with van der Waals surface area (Å²) in [6.07, 6.45) is -1.33. The molecule has 0 N–H and O–H groups in total. The first-order chi connectivity index (χ1) is 4.13. The molecule has 0 aromatic heterocycles. The number of rotatable bonds is 2. The lowest BCUT2D eigenvalue weighted by Gasteiger charge is -2.00. The van der Waals surface area contributed by atoms with Crippen LogP contribution in [0.2, 0.25) is 0 Å². The van der Waals surface area contributed by atoms with Gasteiger partial charge in [0.25, 0.3) is 0 Å². The van der Waals surface area contributed by atoms with Crippen LogP contribution in [0.15, 0.2) is 0 Å². The maximum absolute atomic E-state index is 11.8. The Labute approximate surface area is 54.3 Å². The first-order valence-electron chi connectivity index (χ1n) is 3.41. The van der Waals surface area contributed by atoms with E-state index in [-0.39, 0.29) is 5.92 Å². The van der Waals surface area contributed by atoms with Crippen molar-refractivity contribution in [3.8, 4) is 0 Å². The predicted molar refractivity (Wildman–Crippen MR) is 32.4 cm³/mol. The Morgan fingerprint density at radius 1 is 1.22 bits per heavy atom. The van der Waals surface area contributed by atoms with Gasteiger partial charge >= 0.3 is 0 Å². The highest BCUT2D eigenvalue weighted by molar-refractivity contribution is 4.89. The van der Waals surface area contributed by atoms with Gasteiger partial charge in [0.1, 0.15) is 0 Å². The van der Waals surface area contributed by atoms with Crippen LogP contribution in [0.25, 0.3) is 0 Å². The Kier molecular flexibility index (Phi) is 1.73. The van der Waals surface area contributed by atoms with E-state index in [2.05, 4.69) is 0 Å². The van der Waals surface area contributed by atoms with E-state index in [1.807, 2.05) is 13.8 Å². The van der Waals surface area contributed by atoms with Crippen LogP contribution in [0, 0.1) is 17.8 Å². The van der Waals surface area contributed by atoms with Gasteiger partial charge in [-0.2, -0.15) is 0 Å². The van der Waals surface area contributed by atoms with Crippen molar-refractivity contribution in [1.29, 1.82) is 0 Å². The molecule has 2 atom stereocenters. The summed E-state index contributed by atoms with van der Waals surface area (Å²) in [5.74, 6) is 0.485. The first-order valence-corrected chi connectivity index (χ1v) is 3.41. The molecule has 1 saturated carbocycles. The SMILES string of the molecule is CC(C)[C@@H]1C[C@H]1C(F)F. The zero-order valence-electron chi connectivity index (χ0n) is 5.77. The van der Waals surface area contributed by atoms with Crippen LogP contribution in [-0.2, 0) is 0 Å². The van der Waals surface area contributed by atoms with Crippen LogP contribution < -0.4 is 0 Å². The minimum absolute atomic E-state index is 0.273. The second-order valence-corrected chi connectivity index (χ2v) is 3.14. The summed E-state index contributed by atoms with van der Waals surface area (Å²) < 4.78 is 23.7. The molecule has 0 aromatic rings. The van der Waals surface area contributed by atoms with Crippen molar-refractivity contribution in [3.05, 3.63) is 0 Å². The van der Waals surface area contributed by atoms with Crippen molar-refractivity contribution < 1.29 is 8.78 Å².